The lowest BCUT2D eigenvalue weighted by atomic mass is 9.99. The maximum atomic E-state index is 11.1. The molecule has 0 aliphatic carbocycles. The molecule has 1 fully saturated rings. The summed E-state index contributed by atoms with van der Waals surface area (Å²) in [5.74, 6) is -1.78. The molecule has 1 saturated heterocycles. The average molecular weight is 452 g/mol. The van der Waals surface area contributed by atoms with Gasteiger partial charge in [0.2, 0.25) is 0 Å². The van der Waals surface area contributed by atoms with Crippen molar-refractivity contribution >= 4 is 16.4 Å². The molecule has 7 unspecified atom stereocenters. The number of aliphatic carboxylic acids is 1. The molecule has 9 atom stereocenters. The Morgan fingerprint density at radius 1 is 1.17 bits per heavy atom. The van der Waals surface area contributed by atoms with Gasteiger partial charge in [0.05, 0.1) is 19.3 Å². The van der Waals surface area contributed by atoms with Crippen LogP contribution < -0.4 is 0 Å². The third-order valence-electron chi connectivity index (χ3n) is 3.81. The lowest BCUT2D eigenvalue weighted by Gasteiger charge is -2.40. The highest BCUT2D eigenvalue weighted by Gasteiger charge is 2.50. The van der Waals surface area contributed by atoms with Crippen molar-refractivity contribution in [2.45, 2.75) is 62.2 Å². The van der Waals surface area contributed by atoms with Crippen molar-refractivity contribution < 1.29 is 71.9 Å². The Balaban J connectivity index is 2.81. The van der Waals surface area contributed by atoms with Crippen LogP contribution in [0.15, 0.2) is 0 Å². The molecule has 1 aliphatic rings. The molecule has 0 aromatic carbocycles. The number of carboxylic acids is 1. The Labute approximate surface area is 164 Å². The number of aliphatic hydroxyl groups excluding tert-OH is 6. The van der Waals surface area contributed by atoms with Gasteiger partial charge in [0.15, 0.2) is 18.7 Å². The van der Waals surface area contributed by atoms with Gasteiger partial charge in [-0.15, -0.1) is 0 Å². The summed E-state index contributed by atoms with van der Waals surface area (Å²) >= 11 is 0. The molecule has 16 heteroatoms. The predicted octanol–water partition coefficient (Wildman–Crippen LogP) is -4.84. The first-order valence-corrected chi connectivity index (χ1v) is 9.47. The molecule has 0 bridgehead atoms. The number of aliphatic hydroxyl groups is 6. The minimum Gasteiger partial charge on any atom is -0.479 e. The van der Waals surface area contributed by atoms with E-state index in [1.807, 2.05) is 0 Å². The standard InChI is InChI=1S/C13H24O15S/c1-4(15)6(2-14)26-12(21)5(16)3-25-13-8(18)9(28-29(22,23)24)7(17)10(27-13)11(19)20/h4-10,12-18,21H,2-3H2,1H3,(H,19,20)(H,22,23,24)/t4-,5+,6?,7?,8?,9?,10?,12?,13?/m1/s1. The van der Waals surface area contributed by atoms with Crippen LogP contribution in [-0.2, 0) is 33.6 Å². The fourth-order valence-corrected chi connectivity index (χ4v) is 2.79. The third-order valence-corrected chi connectivity index (χ3v) is 4.28. The van der Waals surface area contributed by atoms with Crippen molar-refractivity contribution in [2.24, 2.45) is 0 Å². The van der Waals surface area contributed by atoms with Gasteiger partial charge in [0.1, 0.15) is 30.5 Å². The Bertz CT molecular complexity index is 624. The molecular weight excluding hydrogens is 428 g/mol. The number of carboxylic acid groups (broad SMARTS) is 1. The highest BCUT2D eigenvalue weighted by atomic mass is 32.3. The van der Waals surface area contributed by atoms with Crippen molar-refractivity contribution in [1.82, 2.24) is 0 Å². The number of carbonyl (C=O) groups is 1. The summed E-state index contributed by atoms with van der Waals surface area (Å²) in [6, 6.07) is 0. The van der Waals surface area contributed by atoms with Gasteiger partial charge in [-0.2, -0.15) is 8.42 Å². The Morgan fingerprint density at radius 3 is 2.21 bits per heavy atom. The van der Waals surface area contributed by atoms with Crippen LogP contribution in [0.1, 0.15) is 6.92 Å². The zero-order valence-corrected chi connectivity index (χ0v) is 15.8. The van der Waals surface area contributed by atoms with Gasteiger partial charge in [-0.1, -0.05) is 0 Å². The topological polar surface area (TPSA) is 250 Å². The van der Waals surface area contributed by atoms with Crippen molar-refractivity contribution in [3.63, 3.8) is 0 Å². The van der Waals surface area contributed by atoms with Gasteiger partial charge >= 0.3 is 16.4 Å². The number of rotatable bonds is 11. The van der Waals surface area contributed by atoms with Crippen LogP contribution in [0.3, 0.4) is 0 Å². The van der Waals surface area contributed by atoms with E-state index in [2.05, 4.69) is 4.18 Å². The highest BCUT2D eigenvalue weighted by Crippen LogP contribution is 2.26. The van der Waals surface area contributed by atoms with Gasteiger partial charge in [-0.3, -0.25) is 4.55 Å². The molecule has 15 nitrogen and oxygen atoms in total. The highest BCUT2D eigenvalue weighted by molar-refractivity contribution is 7.80. The molecule has 8 N–H and O–H groups in total. The first kappa shape index (κ1) is 26.0. The quantitative estimate of drug-likeness (QED) is 0.108. The van der Waals surface area contributed by atoms with Gasteiger partial charge in [0.25, 0.3) is 0 Å². The molecule has 1 heterocycles. The summed E-state index contributed by atoms with van der Waals surface area (Å²) in [5.41, 5.74) is 0. The number of ether oxygens (including phenoxy) is 3. The lowest BCUT2D eigenvalue weighted by molar-refractivity contribution is -0.301. The second-order valence-corrected chi connectivity index (χ2v) is 7.17. The van der Waals surface area contributed by atoms with Gasteiger partial charge < -0.3 is 50.0 Å². The summed E-state index contributed by atoms with van der Waals surface area (Å²) in [4.78, 5) is 11.1. The molecular formula is C13H24O15S. The maximum absolute atomic E-state index is 11.1. The van der Waals surface area contributed by atoms with Crippen molar-refractivity contribution in [1.29, 1.82) is 0 Å². The van der Waals surface area contributed by atoms with Crippen LogP contribution in [0.2, 0.25) is 0 Å². The van der Waals surface area contributed by atoms with Gasteiger partial charge in [-0.05, 0) is 6.92 Å². The van der Waals surface area contributed by atoms with Crippen LogP contribution in [0.5, 0.6) is 0 Å². The van der Waals surface area contributed by atoms with Crippen LogP contribution >= 0.6 is 0 Å². The molecule has 0 amide bonds. The van der Waals surface area contributed by atoms with E-state index in [1.165, 1.54) is 6.92 Å². The van der Waals surface area contributed by atoms with E-state index in [1.54, 1.807) is 0 Å². The Kier molecular flexibility index (Phi) is 9.73. The van der Waals surface area contributed by atoms with E-state index in [0.717, 1.165) is 0 Å². The second-order valence-electron chi connectivity index (χ2n) is 6.12. The summed E-state index contributed by atoms with van der Waals surface area (Å²) in [6.07, 6.45) is -17.0. The van der Waals surface area contributed by atoms with Gasteiger partial charge in [-0.25, -0.2) is 8.98 Å². The van der Waals surface area contributed by atoms with Gasteiger partial charge in [0, 0.05) is 0 Å². The van der Waals surface area contributed by atoms with E-state index >= 15 is 0 Å². The fraction of sp³-hybridized carbons (Fsp3) is 0.923. The molecule has 0 aromatic rings. The monoisotopic (exact) mass is 452 g/mol. The molecule has 1 aliphatic heterocycles. The average Bonchev–Trinajstić information content (AvgIpc) is 2.60. The number of hydrogen-bond acceptors (Lipinski definition) is 13. The maximum Gasteiger partial charge on any atom is 0.397 e. The predicted molar refractivity (Wildman–Crippen MR) is 86.3 cm³/mol. The zero-order chi connectivity index (χ0) is 22.5. The van der Waals surface area contributed by atoms with Crippen LogP contribution in [0.4, 0.5) is 0 Å². The SMILES string of the molecule is C[C@@H](O)C(CO)OC(O)[C@@H](O)COC1OC(C(=O)O)C(O)C(OS(=O)(=O)O)C1O. The molecule has 0 saturated carbocycles. The molecule has 29 heavy (non-hydrogen) atoms. The fourth-order valence-electron chi connectivity index (χ4n) is 2.29. The minimum atomic E-state index is -5.21. The zero-order valence-electron chi connectivity index (χ0n) is 15.0. The van der Waals surface area contributed by atoms with Crippen LogP contribution in [0, 0.1) is 0 Å². The van der Waals surface area contributed by atoms with E-state index in [-0.39, 0.29) is 0 Å². The smallest absolute Gasteiger partial charge is 0.397 e. The van der Waals surface area contributed by atoms with Crippen LogP contribution in [0.25, 0.3) is 0 Å². The first-order chi connectivity index (χ1) is 13.3. The summed E-state index contributed by atoms with van der Waals surface area (Å²) in [7, 11) is -5.21. The molecule has 1 rings (SSSR count). The van der Waals surface area contributed by atoms with E-state index in [9.17, 15) is 38.7 Å². The number of hydrogen-bond donors (Lipinski definition) is 8. The normalized spacial score (nSPS) is 32.3. The van der Waals surface area contributed by atoms with E-state index < -0.39 is 84.9 Å². The Morgan fingerprint density at radius 2 is 1.76 bits per heavy atom. The molecule has 0 aromatic heterocycles. The molecule has 0 radical (unpaired) electrons. The summed E-state index contributed by atoms with van der Waals surface area (Å²) in [6.45, 7) is -0.323. The van der Waals surface area contributed by atoms with E-state index in [0.29, 0.717) is 0 Å². The van der Waals surface area contributed by atoms with E-state index in [4.69, 9.17) is 29.0 Å². The van der Waals surface area contributed by atoms with Crippen LogP contribution in [-0.4, -0.2) is 123 Å². The van der Waals surface area contributed by atoms with Crippen molar-refractivity contribution in [2.75, 3.05) is 13.2 Å². The molecule has 0 spiro atoms. The minimum absolute atomic E-state index is 0.695. The van der Waals surface area contributed by atoms with Crippen molar-refractivity contribution in [3.8, 4) is 0 Å². The van der Waals surface area contributed by atoms with Crippen molar-refractivity contribution in [3.05, 3.63) is 0 Å². The summed E-state index contributed by atoms with van der Waals surface area (Å²) < 4.78 is 49.0. The first-order valence-electron chi connectivity index (χ1n) is 8.10. The second kappa shape index (κ2) is 10.8. The lowest BCUT2D eigenvalue weighted by Crippen LogP contribution is -2.61. The largest absolute Gasteiger partial charge is 0.479 e. The molecule has 172 valence electrons. The Hall–Kier alpha value is -1.02. The third kappa shape index (κ3) is 7.63. The summed E-state index contributed by atoms with van der Waals surface area (Å²) in [5, 5.41) is 66.7.